The van der Waals surface area contributed by atoms with Crippen molar-refractivity contribution in [2.24, 2.45) is 0 Å². The molecule has 7 saturated heterocycles. The quantitative estimate of drug-likeness (QED) is 0.0273. The van der Waals surface area contributed by atoms with Crippen LogP contribution in [-0.4, -0.2) is 381 Å². The van der Waals surface area contributed by atoms with E-state index in [1.165, 1.54) is 162 Å². The van der Waals surface area contributed by atoms with Crippen LogP contribution < -0.4 is 10.6 Å². The Morgan fingerprint density at radius 1 is 0.331 bits per heavy atom. The van der Waals surface area contributed by atoms with Gasteiger partial charge < -0.3 is 179 Å². The summed E-state index contributed by atoms with van der Waals surface area (Å²) >= 11 is 0. The third kappa shape index (κ3) is 32.6. The van der Waals surface area contributed by atoms with E-state index < -0.39 is 273 Å². The lowest BCUT2D eigenvalue weighted by molar-refractivity contribution is -0.411. The van der Waals surface area contributed by atoms with Crippen LogP contribution in [0.2, 0.25) is 0 Å². The van der Waals surface area contributed by atoms with Gasteiger partial charge in [0.25, 0.3) is 0 Å². The van der Waals surface area contributed by atoms with E-state index in [0.717, 1.165) is 58.3 Å². The highest BCUT2D eigenvalue weighted by Crippen LogP contribution is 2.41. The molecule has 2 amide bonds. The molecule has 0 bridgehead atoms. The summed E-state index contributed by atoms with van der Waals surface area (Å²) in [4.78, 5) is 27.4. The standard InChI is InChI=1S/C86H156N2O36/c1-6-8-10-12-14-16-18-20-21-22-23-24-25-26-27-29-31-33-35-37-39-41-58(96)88-51(52(95)40-38-36-34-32-30-28-19-17-15-13-11-9-7-2)47-111-81-72(109)68(105)74(56(45-92)118-81)119-85-73(110)77(63(100)54(43-90)115-85)122-80-59(87-50(5)94)76(75(57(46-93)117-80)120-82-69(106)65(102)60(97)48(3)112-82)121-86-79(124-83-70(107)66(103)61(98)49(4)113-83)78(64(101)55(44-91)116-86)123-84-71(108)67(104)62(99)53(42-89)114-84/h38,40,48-49,51-57,59-86,89-93,95,97-110H,6-37,39,41-47H2,1-5H3,(H,87,94)(H,88,96)/b40-38+/t48?,49?,51-,52+,53?,54?,55?,56?,57?,59?,60+,61+,62-,63-,64-,65?,66?,67-,68+,69-,70-,71?,72?,73?,74+,75+,76+,77-,78-,79?,80-,81+,82+,83+,84+,85-,86-/m0/s1. The van der Waals surface area contributed by atoms with E-state index in [1.807, 2.05) is 6.08 Å². The normalized spacial score (nSPS) is 38.6. The Kier molecular flexibility index (Phi) is 50.4. The molecular weight excluding hydrogens is 1640 g/mol. The Morgan fingerprint density at radius 2 is 0.669 bits per heavy atom. The van der Waals surface area contributed by atoms with Gasteiger partial charge in [-0.2, -0.15) is 0 Å². The Balaban J connectivity index is 1.06. The number of carbonyl (C=O) groups is 2. The van der Waals surface area contributed by atoms with E-state index in [1.54, 1.807) is 6.08 Å². The number of allylic oxidation sites excluding steroid dienone is 1. The molecule has 7 fully saturated rings. The first-order valence-electron chi connectivity index (χ1n) is 46.2. The number of nitrogens with one attached hydrogen (secondary N) is 2. The van der Waals surface area contributed by atoms with Crippen LogP contribution in [0.4, 0.5) is 0 Å². The second-order valence-electron chi connectivity index (χ2n) is 34.8. The first-order valence-corrected chi connectivity index (χ1v) is 46.2. The summed E-state index contributed by atoms with van der Waals surface area (Å²) in [7, 11) is 0. The number of aliphatic hydroxyl groups is 20. The predicted molar refractivity (Wildman–Crippen MR) is 440 cm³/mol. The summed E-state index contributed by atoms with van der Waals surface area (Å²) in [5.74, 6) is -1.34. The minimum atomic E-state index is -2.33. The molecule has 37 atom stereocenters. The van der Waals surface area contributed by atoms with Crippen molar-refractivity contribution in [1.82, 2.24) is 10.6 Å². The van der Waals surface area contributed by atoms with Crippen molar-refractivity contribution in [2.75, 3.05) is 39.6 Å². The maximum absolute atomic E-state index is 13.7. The maximum Gasteiger partial charge on any atom is 0.220 e. The van der Waals surface area contributed by atoms with E-state index >= 15 is 0 Å². The average Bonchev–Trinajstić information content (AvgIpc) is 0.754. The van der Waals surface area contributed by atoms with E-state index in [2.05, 4.69) is 24.5 Å². The molecule has 124 heavy (non-hydrogen) atoms. The minimum absolute atomic E-state index is 0.152. The molecule has 7 aliphatic heterocycles. The second kappa shape index (κ2) is 57.7. The molecule has 0 aromatic heterocycles. The lowest BCUT2D eigenvalue weighted by Crippen LogP contribution is -2.72. The molecule has 7 heterocycles. The molecule has 14 unspecified atom stereocenters. The Bertz CT molecular complexity index is 2870. The summed E-state index contributed by atoms with van der Waals surface area (Å²) in [6.45, 7) is 2.11. The summed E-state index contributed by atoms with van der Waals surface area (Å²) in [5, 5.41) is 231. The van der Waals surface area contributed by atoms with E-state index in [-0.39, 0.29) is 12.3 Å². The van der Waals surface area contributed by atoms with Crippen molar-refractivity contribution in [3.8, 4) is 0 Å². The third-order valence-electron chi connectivity index (χ3n) is 24.9. The first kappa shape index (κ1) is 108. The smallest absolute Gasteiger partial charge is 0.220 e. The zero-order valence-corrected chi connectivity index (χ0v) is 73.3. The van der Waals surface area contributed by atoms with E-state index in [0.29, 0.717) is 12.8 Å². The van der Waals surface area contributed by atoms with Crippen LogP contribution in [0, 0.1) is 0 Å². The number of aliphatic hydroxyl groups excluding tert-OH is 20. The number of unbranched alkanes of at least 4 members (excludes halogenated alkanes) is 31. The molecule has 0 saturated carbocycles. The topological polar surface area (TPSA) is 592 Å². The van der Waals surface area contributed by atoms with Gasteiger partial charge in [0.2, 0.25) is 11.8 Å². The number of amides is 2. The van der Waals surface area contributed by atoms with Gasteiger partial charge >= 0.3 is 0 Å². The van der Waals surface area contributed by atoms with Gasteiger partial charge in [-0.25, -0.2) is 0 Å². The SMILES string of the molecule is CCCCCCCCCCCCC/C=C/[C@@H](O)[C@H](CO[C@@H]1OC(CO)[C@@H](O[C@@H]2OC(CO)[C@H](O)[C@H](O[C@@H]3OC(CO)[C@@H](O[C@H]4OC(C)[C@@H](O)C(O)[C@@H]4O)[C@H](O[C@@H]4OC(CO)[C@H](O)[C@H](O[C@H]5OC(CO)[C@H](O)[C@H](O)C5O)C4O[C@H]4OC(C)[C@@H](O)C(O)[C@@H]4O)C3NC(C)=O)C2O)[C@H](O)C1O)NC(=O)CCCCCCCCCCCCCCCCCCCCCCC. The van der Waals surface area contributed by atoms with Gasteiger partial charge in [0, 0.05) is 13.3 Å². The van der Waals surface area contributed by atoms with Crippen LogP contribution >= 0.6 is 0 Å². The minimum Gasteiger partial charge on any atom is -0.394 e. The number of rotatable bonds is 58. The number of hydrogen-bond donors (Lipinski definition) is 22. The van der Waals surface area contributed by atoms with Crippen molar-refractivity contribution in [3.63, 3.8) is 0 Å². The summed E-state index contributed by atoms with van der Waals surface area (Å²) in [6, 6.07) is -3.14. The molecule has 38 heteroatoms. The van der Waals surface area contributed by atoms with Crippen LogP contribution in [0.15, 0.2) is 12.2 Å². The van der Waals surface area contributed by atoms with Crippen LogP contribution in [0.25, 0.3) is 0 Å². The molecular formula is C86H156N2O36. The van der Waals surface area contributed by atoms with Crippen molar-refractivity contribution in [3.05, 3.63) is 12.2 Å². The predicted octanol–water partition coefficient (Wildman–Crippen LogP) is -0.348. The molecule has 0 radical (unpaired) electrons. The highest BCUT2D eigenvalue weighted by atomic mass is 16.8. The highest BCUT2D eigenvalue weighted by Gasteiger charge is 2.61. The zero-order chi connectivity index (χ0) is 90.5. The Hall–Kier alpha value is -2.68. The van der Waals surface area contributed by atoms with Crippen LogP contribution in [0.1, 0.15) is 253 Å². The molecule has 0 aliphatic carbocycles. The third-order valence-corrected chi connectivity index (χ3v) is 24.9. The molecule has 7 rings (SSSR count). The molecule has 0 aromatic rings. The first-order chi connectivity index (χ1) is 59.6. The van der Waals surface area contributed by atoms with E-state index in [9.17, 15) is 112 Å². The fraction of sp³-hybridized carbons (Fsp3) is 0.953. The number of ether oxygens (including phenoxy) is 14. The summed E-state index contributed by atoms with van der Waals surface area (Å²) in [5.41, 5.74) is 0. The van der Waals surface area contributed by atoms with Crippen molar-refractivity contribution in [2.45, 2.75) is 480 Å². The number of carbonyl (C=O) groups excluding carboxylic acids is 2. The van der Waals surface area contributed by atoms with Gasteiger partial charge in [-0.15, -0.1) is 0 Å². The molecule has 0 spiro atoms. The number of hydrogen-bond acceptors (Lipinski definition) is 36. The molecule has 0 aromatic carbocycles. The van der Waals surface area contributed by atoms with Gasteiger partial charge in [0.1, 0.15) is 159 Å². The molecule has 7 aliphatic rings. The lowest BCUT2D eigenvalue weighted by atomic mass is 9.93. The largest absolute Gasteiger partial charge is 0.394 e. The van der Waals surface area contributed by atoms with Crippen LogP contribution in [-0.2, 0) is 75.9 Å². The van der Waals surface area contributed by atoms with Crippen molar-refractivity contribution in [1.29, 1.82) is 0 Å². The average molecular weight is 1790 g/mol. The van der Waals surface area contributed by atoms with Gasteiger partial charge in [-0.3, -0.25) is 9.59 Å². The van der Waals surface area contributed by atoms with Gasteiger partial charge in [0.05, 0.1) is 64.0 Å². The van der Waals surface area contributed by atoms with Crippen LogP contribution in [0.3, 0.4) is 0 Å². The zero-order valence-electron chi connectivity index (χ0n) is 73.3. The van der Waals surface area contributed by atoms with Crippen molar-refractivity contribution < 1.29 is 178 Å². The molecule has 38 nitrogen and oxygen atoms in total. The lowest BCUT2D eigenvalue weighted by Gasteiger charge is -2.53. The maximum atomic E-state index is 13.7. The second-order valence-corrected chi connectivity index (χ2v) is 34.8. The van der Waals surface area contributed by atoms with Crippen molar-refractivity contribution >= 4 is 11.8 Å². The highest BCUT2D eigenvalue weighted by molar-refractivity contribution is 5.76. The fourth-order valence-electron chi connectivity index (χ4n) is 17.1. The van der Waals surface area contributed by atoms with Gasteiger partial charge in [-0.1, -0.05) is 219 Å². The van der Waals surface area contributed by atoms with Crippen LogP contribution in [0.5, 0.6) is 0 Å². The Labute approximate surface area is 729 Å². The summed E-state index contributed by atoms with van der Waals surface area (Å²) in [6.07, 6.45) is -26.7. The molecule has 22 N–H and O–H groups in total. The summed E-state index contributed by atoms with van der Waals surface area (Å²) < 4.78 is 85.6. The fourth-order valence-corrected chi connectivity index (χ4v) is 17.1. The Morgan fingerprint density at radius 3 is 1.13 bits per heavy atom. The molecule has 726 valence electrons. The monoisotopic (exact) mass is 1790 g/mol. The van der Waals surface area contributed by atoms with E-state index in [4.69, 9.17) is 66.3 Å². The van der Waals surface area contributed by atoms with Gasteiger partial charge in [0.15, 0.2) is 44.0 Å². The van der Waals surface area contributed by atoms with Gasteiger partial charge in [-0.05, 0) is 33.1 Å².